The van der Waals surface area contributed by atoms with E-state index in [1.54, 1.807) is 0 Å². The summed E-state index contributed by atoms with van der Waals surface area (Å²) in [5, 5.41) is 15.4. The molecular weight excluding hydrogens is 280 g/mol. The average Bonchev–Trinajstić information content (AvgIpc) is 3.33. The summed E-state index contributed by atoms with van der Waals surface area (Å²) in [7, 11) is 0. The van der Waals surface area contributed by atoms with Crippen molar-refractivity contribution in [2.45, 2.75) is 70.4 Å². The molecule has 0 aromatic rings. The second-order valence-corrected chi connectivity index (χ2v) is 7.51. The van der Waals surface area contributed by atoms with Gasteiger partial charge in [-0.2, -0.15) is 0 Å². The molecule has 3 N–H and O–H groups in total. The van der Waals surface area contributed by atoms with Crippen LogP contribution in [0.2, 0.25) is 0 Å². The molecule has 3 fully saturated rings. The molecule has 22 heavy (non-hydrogen) atoms. The summed E-state index contributed by atoms with van der Waals surface area (Å²) in [6.45, 7) is 3.56. The van der Waals surface area contributed by atoms with Gasteiger partial charge in [-0.05, 0) is 39.0 Å². The van der Waals surface area contributed by atoms with E-state index in [0.717, 1.165) is 25.9 Å². The van der Waals surface area contributed by atoms with E-state index in [2.05, 4.69) is 10.6 Å². The topological polar surface area (TPSA) is 70.6 Å². The molecule has 2 amide bonds. The van der Waals surface area contributed by atoms with Crippen molar-refractivity contribution in [3.63, 3.8) is 0 Å². The molecule has 5 nitrogen and oxygen atoms in total. The van der Waals surface area contributed by atoms with E-state index in [1.165, 1.54) is 32.1 Å². The lowest BCUT2D eigenvalue weighted by atomic mass is 9.55. The van der Waals surface area contributed by atoms with Crippen LogP contribution in [0.4, 0.5) is 4.79 Å². The molecule has 3 aliphatic rings. The highest BCUT2D eigenvalue weighted by atomic mass is 16.5. The number of amides is 2. The number of hydrogen-bond acceptors (Lipinski definition) is 3. The van der Waals surface area contributed by atoms with Gasteiger partial charge in [-0.15, -0.1) is 0 Å². The summed E-state index contributed by atoms with van der Waals surface area (Å²) in [6, 6.07) is 0.165. The molecule has 3 rings (SSSR count). The Kier molecular flexibility index (Phi) is 4.64. The Labute approximate surface area is 133 Å². The van der Waals surface area contributed by atoms with Gasteiger partial charge < -0.3 is 20.5 Å². The van der Waals surface area contributed by atoms with Gasteiger partial charge in [0.05, 0.1) is 12.7 Å². The van der Waals surface area contributed by atoms with Gasteiger partial charge in [0.15, 0.2) is 0 Å². The minimum Gasteiger partial charge on any atom is -0.396 e. The van der Waals surface area contributed by atoms with Crippen molar-refractivity contribution in [1.82, 2.24) is 10.6 Å². The Hall–Kier alpha value is -0.810. The molecule has 0 bridgehead atoms. The van der Waals surface area contributed by atoms with Crippen molar-refractivity contribution in [3.8, 4) is 0 Å². The van der Waals surface area contributed by atoms with E-state index in [9.17, 15) is 9.90 Å². The van der Waals surface area contributed by atoms with Crippen molar-refractivity contribution in [2.24, 2.45) is 10.8 Å². The maximum atomic E-state index is 12.2. The molecule has 126 valence electrons. The van der Waals surface area contributed by atoms with Crippen LogP contribution in [-0.2, 0) is 4.74 Å². The lowest BCUT2D eigenvalue weighted by Gasteiger charge is -2.57. The summed E-state index contributed by atoms with van der Waals surface area (Å²) < 4.78 is 5.92. The van der Waals surface area contributed by atoms with Crippen LogP contribution in [0.3, 0.4) is 0 Å². The largest absolute Gasteiger partial charge is 0.396 e. The third-order valence-corrected chi connectivity index (χ3v) is 6.16. The van der Waals surface area contributed by atoms with E-state index >= 15 is 0 Å². The Morgan fingerprint density at radius 2 is 1.95 bits per heavy atom. The quantitative estimate of drug-likeness (QED) is 0.704. The fourth-order valence-corrected chi connectivity index (χ4v) is 4.31. The van der Waals surface area contributed by atoms with Crippen LogP contribution in [0, 0.1) is 10.8 Å². The van der Waals surface area contributed by atoms with Crippen molar-refractivity contribution in [1.29, 1.82) is 0 Å². The number of hydrogen-bond donors (Lipinski definition) is 3. The highest BCUT2D eigenvalue weighted by molar-refractivity contribution is 5.74. The van der Waals surface area contributed by atoms with Crippen molar-refractivity contribution in [3.05, 3.63) is 0 Å². The van der Waals surface area contributed by atoms with Crippen LogP contribution in [0.15, 0.2) is 0 Å². The van der Waals surface area contributed by atoms with Crippen LogP contribution >= 0.6 is 0 Å². The van der Waals surface area contributed by atoms with Gasteiger partial charge in [0.2, 0.25) is 0 Å². The van der Waals surface area contributed by atoms with E-state index < -0.39 is 0 Å². The molecule has 3 aliphatic carbocycles. The zero-order chi connectivity index (χ0) is 15.6. The molecule has 5 heteroatoms. The molecule has 0 aromatic heterocycles. The molecule has 0 aromatic carbocycles. The van der Waals surface area contributed by atoms with Gasteiger partial charge in [0.25, 0.3) is 0 Å². The van der Waals surface area contributed by atoms with Gasteiger partial charge in [-0.3, -0.25) is 0 Å². The number of aliphatic hydroxyl groups is 1. The molecule has 2 atom stereocenters. The molecule has 1 spiro atoms. The standard InChI is InChI=1S/C17H30N2O3/c1-2-22-14-10-13(17(14)6-4-3-5-7-17)19-15(21)18-11-16(12-20)8-9-16/h13-14,20H,2-12H2,1H3,(H2,18,19,21). The first kappa shape index (κ1) is 16.1. The monoisotopic (exact) mass is 310 g/mol. The van der Waals surface area contributed by atoms with Crippen LogP contribution in [0.5, 0.6) is 0 Å². The van der Waals surface area contributed by atoms with Crippen molar-refractivity contribution in [2.75, 3.05) is 19.8 Å². The minimum atomic E-state index is -0.0791. The first-order valence-corrected chi connectivity index (χ1v) is 8.91. The maximum Gasteiger partial charge on any atom is 0.315 e. The fourth-order valence-electron chi connectivity index (χ4n) is 4.31. The predicted octanol–water partition coefficient (Wildman–Crippen LogP) is 2.19. The molecule has 0 saturated heterocycles. The number of nitrogens with one attached hydrogen (secondary N) is 2. The van der Waals surface area contributed by atoms with Crippen LogP contribution in [0.1, 0.15) is 58.3 Å². The zero-order valence-electron chi connectivity index (χ0n) is 13.7. The average molecular weight is 310 g/mol. The third kappa shape index (κ3) is 2.98. The highest BCUT2D eigenvalue weighted by Crippen LogP contribution is 2.53. The van der Waals surface area contributed by atoms with Crippen molar-refractivity contribution < 1.29 is 14.6 Å². The Morgan fingerprint density at radius 1 is 1.23 bits per heavy atom. The van der Waals surface area contributed by atoms with Gasteiger partial charge >= 0.3 is 6.03 Å². The van der Waals surface area contributed by atoms with Crippen LogP contribution in [0.25, 0.3) is 0 Å². The Morgan fingerprint density at radius 3 is 2.55 bits per heavy atom. The number of aliphatic hydroxyl groups excluding tert-OH is 1. The first-order valence-electron chi connectivity index (χ1n) is 8.91. The molecule has 0 aliphatic heterocycles. The summed E-state index contributed by atoms with van der Waals surface area (Å²) in [5.41, 5.74) is 0.132. The number of rotatable bonds is 6. The van der Waals surface area contributed by atoms with E-state index in [-0.39, 0.29) is 29.5 Å². The van der Waals surface area contributed by atoms with Gasteiger partial charge in [-0.1, -0.05) is 19.3 Å². The summed E-state index contributed by atoms with van der Waals surface area (Å²) >= 11 is 0. The van der Waals surface area contributed by atoms with Crippen LogP contribution < -0.4 is 10.6 Å². The Balaban J connectivity index is 1.51. The third-order valence-electron chi connectivity index (χ3n) is 6.16. The van der Waals surface area contributed by atoms with Crippen LogP contribution in [-0.4, -0.2) is 43.0 Å². The maximum absolute atomic E-state index is 12.2. The number of carbonyl (C=O) groups excluding carboxylic acids is 1. The van der Waals surface area contributed by atoms with Gasteiger partial charge in [0.1, 0.15) is 0 Å². The molecule has 3 saturated carbocycles. The predicted molar refractivity (Wildman–Crippen MR) is 84.6 cm³/mol. The van der Waals surface area contributed by atoms with E-state index in [4.69, 9.17) is 4.74 Å². The number of carbonyl (C=O) groups is 1. The zero-order valence-corrected chi connectivity index (χ0v) is 13.7. The molecule has 0 heterocycles. The second-order valence-electron chi connectivity index (χ2n) is 7.51. The molecular formula is C17H30N2O3. The Bertz CT molecular complexity index is 403. The highest BCUT2D eigenvalue weighted by Gasteiger charge is 2.56. The lowest BCUT2D eigenvalue weighted by Crippen LogP contribution is -2.66. The first-order chi connectivity index (χ1) is 10.6. The normalized spacial score (nSPS) is 31.4. The smallest absolute Gasteiger partial charge is 0.315 e. The summed E-state index contributed by atoms with van der Waals surface area (Å²) in [6.07, 6.45) is 9.42. The molecule has 0 radical (unpaired) electrons. The summed E-state index contributed by atoms with van der Waals surface area (Å²) in [4.78, 5) is 12.2. The van der Waals surface area contributed by atoms with E-state index in [1.807, 2.05) is 6.92 Å². The second kappa shape index (κ2) is 6.36. The number of urea groups is 1. The summed E-state index contributed by atoms with van der Waals surface area (Å²) in [5.74, 6) is 0. The van der Waals surface area contributed by atoms with Crippen molar-refractivity contribution >= 4 is 6.03 Å². The SMILES string of the molecule is CCOC1CC(NC(=O)NCC2(CO)CC2)C12CCCCC2. The minimum absolute atomic E-state index is 0.0344. The number of ether oxygens (including phenoxy) is 1. The van der Waals surface area contributed by atoms with Gasteiger partial charge in [0, 0.05) is 30.0 Å². The van der Waals surface area contributed by atoms with Gasteiger partial charge in [-0.25, -0.2) is 4.79 Å². The fraction of sp³-hybridized carbons (Fsp3) is 0.941. The lowest BCUT2D eigenvalue weighted by molar-refractivity contribution is -0.146. The van der Waals surface area contributed by atoms with E-state index in [0.29, 0.717) is 12.6 Å². The molecule has 2 unspecified atom stereocenters.